The third-order valence-corrected chi connectivity index (χ3v) is 5.41. The predicted molar refractivity (Wildman–Crippen MR) is 152 cm³/mol. The number of ether oxygens (including phenoxy) is 2. The summed E-state index contributed by atoms with van der Waals surface area (Å²) in [7, 11) is 0. The Labute approximate surface area is 229 Å². The van der Waals surface area contributed by atoms with E-state index in [0.29, 0.717) is 38.9 Å². The molecule has 1 atom stereocenters. The summed E-state index contributed by atoms with van der Waals surface area (Å²) in [5.74, 6) is 0.120. The molecule has 1 amide bonds. The fourth-order valence-corrected chi connectivity index (χ4v) is 4.02. The van der Waals surface area contributed by atoms with Gasteiger partial charge in [-0.3, -0.25) is 0 Å². The van der Waals surface area contributed by atoms with Gasteiger partial charge < -0.3 is 14.8 Å². The molecule has 4 rings (SSSR count). The number of amides is 1. The Morgan fingerprint density at radius 3 is 2.37 bits per heavy atom. The van der Waals surface area contributed by atoms with Crippen LogP contribution in [0.4, 0.5) is 9.18 Å². The Morgan fingerprint density at radius 2 is 1.74 bits per heavy atom. The van der Waals surface area contributed by atoms with Gasteiger partial charge in [-0.1, -0.05) is 79.2 Å². The second-order valence-electron chi connectivity index (χ2n) is 8.99. The number of hydrogen-bond donors (Lipinski definition) is 1. The number of nitrogens with one attached hydrogen (secondary N) is 1. The van der Waals surface area contributed by atoms with Gasteiger partial charge in [-0.15, -0.1) is 21.8 Å². The first kappa shape index (κ1) is 27.8. The monoisotopic (exact) mass is 645 g/mol. The zero-order valence-electron chi connectivity index (χ0n) is 19.7. The average Bonchev–Trinajstić information content (AvgIpc) is 3.18. The van der Waals surface area contributed by atoms with Gasteiger partial charge in [-0.05, 0) is 29.8 Å². The standard InChI is InChI=1S/C23H18Cl2FNO3.C3H9ISi/c24-19-7-4-8-20(25)21(19)18-11-16(26)9-15-10-17(30-22(15)18)12-27-23(28)29-13-14-5-2-1-3-6-14;1-5(2,3)4/h1-9,11,17H,10,12-13H2,(H,27,28);1-3H3. The van der Waals surface area contributed by atoms with Crippen LogP contribution in [0.5, 0.6) is 5.75 Å². The van der Waals surface area contributed by atoms with Gasteiger partial charge in [0.2, 0.25) is 0 Å². The lowest BCUT2D eigenvalue weighted by Gasteiger charge is -2.15. The van der Waals surface area contributed by atoms with E-state index in [4.69, 9.17) is 32.7 Å². The summed E-state index contributed by atoms with van der Waals surface area (Å²) in [4.78, 5) is 12.0. The first-order chi connectivity index (χ1) is 16.5. The fraction of sp³-hybridized carbons (Fsp3) is 0.269. The Balaban J connectivity index is 0.000000623. The van der Waals surface area contributed by atoms with E-state index >= 15 is 0 Å². The molecule has 0 saturated carbocycles. The van der Waals surface area contributed by atoms with E-state index in [9.17, 15) is 9.18 Å². The molecule has 3 aromatic carbocycles. The highest BCUT2D eigenvalue weighted by Crippen LogP contribution is 2.44. The van der Waals surface area contributed by atoms with Crippen LogP contribution in [0.1, 0.15) is 11.1 Å². The topological polar surface area (TPSA) is 47.6 Å². The number of halogens is 4. The lowest BCUT2D eigenvalue weighted by Crippen LogP contribution is -2.34. The van der Waals surface area contributed by atoms with E-state index in [-0.39, 0.29) is 19.3 Å². The number of rotatable bonds is 5. The lowest BCUT2D eigenvalue weighted by atomic mass is 10.00. The van der Waals surface area contributed by atoms with Gasteiger partial charge in [0.05, 0.1) is 16.6 Å². The van der Waals surface area contributed by atoms with Crippen LogP contribution in [-0.2, 0) is 17.8 Å². The largest absolute Gasteiger partial charge is 0.487 e. The highest BCUT2D eigenvalue weighted by molar-refractivity contribution is 14.1. The molecule has 4 nitrogen and oxygen atoms in total. The maximum atomic E-state index is 14.2. The van der Waals surface area contributed by atoms with Gasteiger partial charge >= 0.3 is 6.09 Å². The molecule has 1 aliphatic rings. The van der Waals surface area contributed by atoms with Crippen LogP contribution >= 0.6 is 45.0 Å². The molecule has 0 saturated heterocycles. The van der Waals surface area contributed by atoms with Crippen LogP contribution in [-0.4, -0.2) is 24.3 Å². The summed E-state index contributed by atoms with van der Waals surface area (Å²) in [5, 5.41) is 3.51. The highest BCUT2D eigenvalue weighted by Gasteiger charge is 2.28. The van der Waals surface area contributed by atoms with Crippen LogP contribution in [0.15, 0.2) is 60.7 Å². The van der Waals surface area contributed by atoms with E-state index < -0.39 is 17.5 Å². The molecule has 0 radical (unpaired) electrons. The first-order valence-electron chi connectivity index (χ1n) is 11.1. The molecule has 1 N–H and O–H groups in total. The molecule has 35 heavy (non-hydrogen) atoms. The van der Waals surface area contributed by atoms with Crippen molar-refractivity contribution >= 4 is 56.7 Å². The van der Waals surface area contributed by atoms with Crippen molar-refractivity contribution in [1.29, 1.82) is 0 Å². The molecule has 0 spiro atoms. The quantitative estimate of drug-likeness (QED) is 0.173. The molecule has 1 heterocycles. The van der Waals surface area contributed by atoms with Crippen molar-refractivity contribution in [3.63, 3.8) is 0 Å². The highest BCUT2D eigenvalue weighted by atomic mass is 127. The van der Waals surface area contributed by atoms with Crippen molar-refractivity contribution in [3.05, 3.63) is 87.7 Å². The van der Waals surface area contributed by atoms with E-state index in [1.807, 2.05) is 30.3 Å². The molecule has 9 heteroatoms. The third-order valence-electron chi connectivity index (χ3n) is 4.78. The molecule has 1 aliphatic heterocycles. The Morgan fingerprint density at radius 1 is 1.11 bits per heavy atom. The van der Waals surface area contributed by atoms with Gasteiger partial charge in [0.25, 0.3) is 0 Å². The molecular formula is C26H27Cl2FINO3Si. The summed E-state index contributed by atoms with van der Waals surface area (Å²) in [6.07, 6.45) is -0.453. The maximum absolute atomic E-state index is 14.2. The van der Waals surface area contributed by atoms with Crippen molar-refractivity contribution < 1.29 is 18.7 Å². The number of carbonyl (C=O) groups is 1. The predicted octanol–water partition coefficient (Wildman–Crippen LogP) is 8.29. The SMILES string of the molecule is C[Si](C)(C)I.O=C(NCC1Cc2cc(F)cc(-c3c(Cl)cccc3Cl)c2O1)OCc1ccccc1. The summed E-state index contributed by atoms with van der Waals surface area (Å²) >= 11 is 15.1. The van der Waals surface area contributed by atoms with E-state index in [0.717, 1.165) is 5.56 Å². The molecule has 1 unspecified atom stereocenters. The van der Waals surface area contributed by atoms with Crippen molar-refractivity contribution in [2.45, 2.75) is 38.8 Å². The summed E-state index contributed by atoms with van der Waals surface area (Å²) in [5.41, 5.74) is 1.97. The average molecular weight is 646 g/mol. The van der Waals surface area contributed by atoms with E-state index in [2.05, 4.69) is 46.8 Å². The first-order valence-corrected chi connectivity index (χ1v) is 18.4. The molecule has 3 aromatic rings. The number of carbonyl (C=O) groups excluding carboxylic acids is 1. The van der Waals surface area contributed by atoms with Crippen LogP contribution < -0.4 is 10.1 Å². The molecule has 0 fully saturated rings. The number of fused-ring (bicyclic) bond motifs is 1. The second-order valence-corrected chi connectivity index (χ2v) is 23.6. The Kier molecular flexibility index (Phi) is 9.86. The van der Waals surface area contributed by atoms with Crippen molar-refractivity contribution in [3.8, 4) is 16.9 Å². The second kappa shape index (κ2) is 12.4. The normalized spacial score (nSPS) is 14.3. The van der Waals surface area contributed by atoms with Crippen molar-refractivity contribution in [2.75, 3.05) is 6.54 Å². The third kappa shape index (κ3) is 8.66. The molecule has 0 aromatic heterocycles. The van der Waals surface area contributed by atoms with Gasteiger partial charge in [-0.2, -0.15) is 0 Å². The van der Waals surface area contributed by atoms with E-state index in [1.54, 1.807) is 18.2 Å². The summed E-state index contributed by atoms with van der Waals surface area (Å²) in [6, 6.07) is 17.3. The minimum atomic E-state index is -0.641. The number of alkyl carbamates (subject to hydrolysis) is 1. The summed E-state index contributed by atoms with van der Waals surface area (Å²) in [6.45, 7) is 7.34. The van der Waals surface area contributed by atoms with E-state index in [1.165, 1.54) is 12.1 Å². The Bertz CT molecular complexity index is 1150. The lowest BCUT2D eigenvalue weighted by molar-refractivity contribution is 0.133. The minimum Gasteiger partial charge on any atom is -0.487 e. The minimum absolute atomic E-state index is 0.179. The van der Waals surface area contributed by atoms with Crippen LogP contribution in [0.25, 0.3) is 11.1 Å². The Hall–Kier alpha value is -1.81. The van der Waals surface area contributed by atoms with Crippen molar-refractivity contribution in [1.82, 2.24) is 5.32 Å². The number of hydrogen-bond acceptors (Lipinski definition) is 3. The van der Waals surface area contributed by atoms with Crippen LogP contribution in [0, 0.1) is 5.82 Å². The maximum Gasteiger partial charge on any atom is 0.407 e. The molecule has 0 bridgehead atoms. The van der Waals surface area contributed by atoms with Gasteiger partial charge in [0, 0.05) is 23.1 Å². The van der Waals surface area contributed by atoms with Gasteiger partial charge in [0.1, 0.15) is 29.8 Å². The molecule has 0 aliphatic carbocycles. The number of benzene rings is 3. The zero-order valence-corrected chi connectivity index (χ0v) is 24.4. The van der Waals surface area contributed by atoms with Gasteiger partial charge in [0.15, 0.2) is 0 Å². The molecular weight excluding hydrogens is 619 g/mol. The molecule has 186 valence electrons. The van der Waals surface area contributed by atoms with Crippen molar-refractivity contribution in [2.24, 2.45) is 0 Å². The smallest absolute Gasteiger partial charge is 0.407 e. The summed E-state index contributed by atoms with van der Waals surface area (Å²) < 4.78 is 25.5. The van der Waals surface area contributed by atoms with Crippen LogP contribution in [0.3, 0.4) is 0 Å². The van der Waals surface area contributed by atoms with Crippen LogP contribution in [0.2, 0.25) is 29.7 Å². The fourth-order valence-electron chi connectivity index (χ4n) is 3.42. The van der Waals surface area contributed by atoms with Gasteiger partial charge in [-0.25, -0.2) is 9.18 Å². The zero-order chi connectivity index (χ0) is 25.6.